The molecular weight excluding hydrogens is 222 g/mol. The Morgan fingerprint density at radius 3 is 2.56 bits per heavy atom. The summed E-state index contributed by atoms with van der Waals surface area (Å²) in [7, 11) is 0. The third kappa shape index (κ3) is 3.39. The minimum Gasteiger partial charge on any atom is -0.481 e. The first-order valence-electron chi connectivity index (χ1n) is 6.32. The van der Waals surface area contributed by atoms with Crippen molar-refractivity contribution >= 4 is 17.7 Å². The van der Waals surface area contributed by atoms with Crippen LogP contribution < -0.4 is 5.32 Å². The normalized spacial score (nSPS) is 32.5. The summed E-state index contributed by atoms with van der Waals surface area (Å²) in [5.41, 5.74) is 0. The Bertz CT molecular complexity index is 241. The van der Waals surface area contributed by atoms with Gasteiger partial charge in [0.1, 0.15) is 0 Å². The third-order valence-electron chi connectivity index (χ3n) is 3.72. The summed E-state index contributed by atoms with van der Waals surface area (Å²) in [5, 5.41) is 12.7. The summed E-state index contributed by atoms with van der Waals surface area (Å²) in [4.78, 5) is 11.0. The summed E-state index contributed by atoms with van der Waals surface area (Å²) in [5.74, 6) is 1.80. The molecular formula is C12H21NO2S. The second-order valence-electron chi connectivity index (χ2n) is 4.95. The van der Waals surface area contributed by atoms with E-state index in [2.05, 4.69) is 5.32 Å². The van der Waals surface area contributed by atoms with Gasteiger partial charge in [0.25, 0.3) is 0 Å². The van der Waals surface area contributed by atoms with Crippen molar-refractivity contribution in [3.8, 4) is 0 Å². The van der Waals surface area contributed by atoms with E-state index >= 15 is 0 Å². The van der Waals surface area contributed by atoms with Gasteiger partial charge in [0.15, 0.2) is 0 Å². The van der Waals surface area contributed by atoms with E-state index in [1.54, 1.807) is 0 Å². The number of hydrogen-bond acceptors (Lipinski definition) is 3. The minimum absolute atomic E-state index is 0.107. The zero-order valence-electron chi connectivity index (χ0n) is 9.65. The topological polar surface area (TPSA) is 49.3 Å². The Balaban J connectivity index is 1.78. The number of rotatable bonds is 3. The number of thioether (sulfide) groups is 1. The Hall–Kier alpha value is -0.220. The van der Waals surface area contributed by atoms with Crippen molar-refractivity contribution in [3.05, 3.63) is 0 Å². The van der Waals surface area contributed by atoms with Crippen LogP contribution in [-0.4, -0.2) is 34.7 Å². The third-order valence-corrected chi connectivity index (χ3v) is 4.76. The molecule has 0 bridgehead atoms. The molecule has 2 rings (SSSR count). The number of hydrogen-bond donors (Lipinski definition) is 2. The molecule has 2 fully saturated rings. The molecule has 0 aromatic rings. The minimum atomic E-state index is -0.606. The highest BCUT2D eigenvalue weighted by molar-refractivity contribution is 7.99. The lowest BCUT2D eigenvalue weighted by atomic mass is 9.85. The summed E-state index contributed by atoms with van der Waals surface area (Å²) in [6, 6.07) is 1.08. The van der Waals surface area contributed by atoms with Crippen molar-refractivity contribution in [2.45, 2.75) is 50.6 Å². The molecule has 2 aliphatic rings. The molecule has 16 heavy (non-hydrogen) atoms. The fraction of sp³-hybridized carbons (Fsp3) is 0.917. The number of carboxylic acid groups (broad SMARTS) is 1. The van der Waals surface area contributed by atoms with Gasteiger partial charge in [-0.25, -0.2) is 0 Å². The van der Waals surface area contributed by atoms with Crippen LogP contribution in [0.25, 0.3) is 0 Å². The lowest BCUT2D eigenvalue weighted by Gasteiger charge is -2.32. The highest BCUT2D eigenvalue weighted by Crippen LogP contribution is 2.26. The van der Waals surface area contributed by atoms with Gasteiger partial charge in [0, 0.05) is 12.1 Å². The number of nitrogens with one attached hydrogen (secondary N) is 1. The number of carboxylic acids is 1. The average Bonchev–Trinajstić information content (AvgIpc) is 2.30. The van der Waals surface area contributed by atoms with Gasteiger partial charge in [-0.3, -0.25) is 4.79 Å². The molecule has 0 radical (unpaired) electrons. The predicted molar refractivity (Wildman–Crippen MR) is 66.9 cm³/mol. The maximum absolute atomic E-state index is 11.0. The molecule has 1 saturated carbocycles. The monoisotopic (exact) mass is 243 g/mol. The van der Waals surface area contributed by atoms with Crippen molar-refractivity contribution in [1.29, 1.82) is 0 Å². The Morgan fingerprint density at radius 1 is 1.12 bits per heavy atom. The molecule has 1 aliphatic heterocycles. The van der Waals surface area contributed by atoms with Gasteiger partial charge in [-0.15, -0.1) is 0 Å². The smallest absolute Gasteiger partial charge is 0.306 e. The summed E-state index contributed by atoms with van der Waals surface area (Å²) >= 11 is 2.03. The van der Waals surface area contributed by atoms with Crippen molar-refractivity contribution in [3.63, 3.8) is 0 Å². The first-order valence-corrected chi connectivity index (χ1v) is 7.48. The van der Waals surface area contributed by atoms with Gasteiger partial charge in [0.05, 0.1) is 5.92 Å². The summed E-state index contributed by atoms with van der Waals surface area (Å²) in [6.45, 7) is 0. The maximum Gasteiger partial charge on any atom is 0.306 e. The predicted octanol–water partition coefficient (Wildman–Crippen LogP) is 2.12. The molecule has 0 amide bonds. The Labute approximate surface area is 101 Å². The van der Waals surface area contributed by atoms with E-state index in [-0.39, 0.29) is 5.92 Å². The standard InChI is InChI=1S/C12H21NO2S/c14-12(15)9-2-1-3-11(8-9)13-10-4-6-16-7-5-10/h9-11,13H,1-8H2,(H,14,15). The van der Waals surface area contributed by atoms with Gasteiger partial charge >= 0.3 is 5.97 Å². The van der Waals surface area contributed by atoms with Crippen molar-refractivity contribution in [1.82, 2.24) is 5.32 Å². The van der Waals surface area contributed by atoms with E-state index in [0.717, 1.165) is 25.7 Å². The Morgan fingerprint density at radius 2 is 1.88 bits per heavy atom. The highest BCUT2D eigenvalue weighted by atomic mass is 32.2. The fourth-order valence-electron chi connectivity index (χ4n) is 2.76. The van der Waals surface area contributed by atoms with Gasteiger partial charge < -0.3 is 10.4 Å². The van der Waals surface area contributed by atoms with E-state index in [9.17, 15) is 4.79 Å². The van der Waals surface area contributed by atoms with Crippen molar-refractivity contribution in [2.24, 2.45) is 5.92 Å². The van der Waals surface area contributed by atoms with Crippen LogP contribution in [0, 0.1) is 5.92 Å². The average molecular weight is 243 g/mol. The molecule has 2 unspecified atom stereocenters. The van der Waals surface area contributed by atoms with Gasteiger partial charge in [-0.1, -0.05) is 6.42 Å². The first kappa shape index (κ1) is 12.2. The summed E-state index contributed by atoms with van der Waals surface area (Å²) in [6.07, 6.45) is 6.42. The number of aliphatic carboxylic acids is 1. The fourth-order valence-corrected chi connectivity index (χ4v) is 3.87. The molecule has 0 aromatic heterocycles. The Kier molecular flexibility index (Phi) is 4.53. The van der Waals surface area contributed by atoms with E-state index in [4.69, 9.17) is 5.11 Å². The largest absolute Gasteiger partial charge is 0.481 e. The molecule has 2 atom stereocenters. The zero-order valence-corrected chi connectivity index (χ0v) is 10.5. The van der Waals surface area contributed by atoms with Crippen LogP contribution in [0.5, 0.6) is 0 Å². The molecule has 0 aromatic carbocycles. The second-order valence-corrected chi connectivity index (χ2v) is 6.18. The van der Waals surface area contributed by atoms with E-state index in [1.807, 2.05) is 11.8 Å². The van der Waals surface area contributed by atoms with E-state index in [0.29, 0.717) is 12.1 Å². The molecule has 2 N–H and O–H groups in total. The van der Waals surface area contributed by atoms with E-state index in [1.165, 1.54) is 24.3 Å². The molecule has 1 heterocycles. The lowest BCUT2D eigenvalue weighted by Crippen LogP contribution is -2.43. The molecule has 1 saturated heterocycles. The molecule has 4 heteroatoms. The second kappa shape index (κ2) is 5.92. The van der Waals surface area contributed by atoms with Gasteiger partial charge in [0.2, 0.25) is 0 Å². The SMILES string of the molecule is O=C(O)C1CCCC(NC2CCSCC2)C1. The molecule has 0 spiro atoms. The molecule has 1 aliphatic carbocycles. The van der Waals surface area contributed by atoms with Crippen LogP contribution in [0.2, 0.25) is 0 Å². The quantitative estimate of drug-likeness (QED) is 0.797. The lowest BCUT2D eigenvalue weighted by molar-refractivity contribution is -0.143. The number of carbonyl (C=O) groups is 1. The van der Waals surface area contributed by atoms with Crippen LogP contribution in [0.3, 0.4) is 0 Å². The van der Waals surface area contributed by atoms with Crippen LogP contribution in [0.4, 0.5) is 0 Å². The van der Waals surface area contributed by atoms with Crippen molar-refractivity contribution in [2.75, 3.05) is 11.5 Å². The summed E-state index contributed by atoms with van der Waals surface area (Å²) < 4.78 is 0. The van der Waals surface area contributed by atoms with Crippen molar-refractivity contribution < 1.29 is 9.90 Å². The van der Waals surface area contributed by atoms with Gasteiger partial charge in [-0.2, -0.15) is 11.8 Å². The van der Waals surface area contributed by atoms with Crippen LogP contribution in [-0.2, 0) is 4.79 Å². The van der Waals surface area contributed by atoms with Gasteiger partial charge in [-0.05, 0) is 43.6 Å². The van der Waals surface area contributed by atoms with E-state index < -0.39 is 5.97 Å². The first-order chi connectivity index (χ1) is 7.75. The van der Waals surface area contributed by atoms with Crippen LogP contribution in [0.15, 0.2) is 0 Å². The zero-order chi connectivity index (χ0) is 11.4. The highest BCUT2D eigenvalue weighted by Gasteiger charge is 2.28. The molecule has 92 valence electrons. The molecule has 3 nitrogen and oxygen atoms in total. The maximum atomic E-state index is 11.0. The van der Waals surface area contributed by atoms with Crippen LogP contribution >= 0.6 is 11.8 Å². The van der Waals surface area contributed by atoms with Crippen LogP contribution in [0.1, 0.15) is 38.5 Å².